The van der Waals surface area contributed by atoms with Gasteiger partial charge in [0, 0.05) is 18.5 Å². The number of methoxy groups -OCH3 is 1. The largest absolute Gasteiger partial charge is 0.465 e. The van der Waals surface area contributed by atoms with E-state index in [1.54, 1.807) is 26.1 Å². The second-order valence-corrected chi connectivity index (χ2v) is 6.06. The summed E-state index contributed by atoms with van der Waals surface area (Å²) in [6.07, 6.45) is 3.14. The van der Waals surface area contributed by atoms with Gasteiger partial charge in [-0.1, -0.05) is 0 Å². The Morgan fingerprint density at radius 3 is 2.78 bits per heavy atom. The molecule has 0 atom stereocenters. The molecule has 2 aromatic rings. The smallest absolute Gasteiger partial charge is 0.341 e. The molecule has 2 rings (SSSR count). The van der Waals surface area contributed by atoms with Crippen LogP contribution in [0.1, 0.15) is 32.6 Å². The van der Waals surface area contributed by atoms with E-state index < -0.39 is 5.97 Å². The minimum Gasteiger partial charge on any atom is -0.465 e. The summed E-state index contributed by atoms with van der Waals surface area (Å²) in [4.78, 5) is 29.4. The molecule has 0 aliphatic heterocycles. The Morgan fingerprint density at radius 2 is 2.17 bits per heavy atom. The van der Waals surface area contributed by atoms with Gasteiger partial charge >= 0.3 is 5.97 Å². The summed E-state index contributed by atoms with van der Waals surface area (Å²) in [5.41, 5.74) is 1.13. The van der Waals surface area contributed by atoms with Crippen molar-refractivity contribution in [3.8, 4) is 0 Å². The number of hydrogen-bond acceptors (Lipinski definition) is 6. The lowest BCUT2D eigenvalue weighted by Crippen LogP contribution is -2.23. The van der Waals surface area contributed by atoms with Crippen molar-refractivity contribution in [1.29, 1.82) is 0 Å². The van der Waals surface area contributed by atoms with E-state index in [4.69, 9.17) is 4.42 Å². The Hall–Kier alpha value is -2.41. The van der Waals surface area contributed by atoms with Gasteiger partial charge in [-0.2, -0.15) is 0 Å². The van der Waals surface area contributed by atoms with Gasteiger partial charge < -0.3 is 14.1 Å². The number of carbonyl (C=O) groups excluding carboxylic acids is 2. The molecular formula is C16H18N2O4S. The molecule has 2 heterocycles. The lowest BCUT2D eigenvalue weighted by molar-refractivity contribution is -0.125. The van der Waals surface area contributed by atoms with Gasteiger partial charge in [-0.05, 0) is 26.0 Å². The lowest BCUT2D eigenvalue weighted by atomic mass is 10.2. The van der Waals surface area contributed by atoms with Gasteiger partial charge in [0.15, 0.2) is 0 Å². The van der Waals surface area contributed by atoms with E-state index in [1.165, 1.54) is 29.4 Å². The van der Waals surface area contributed by atoms with Gasteiger partial charge in [0.1, 0.15) is 17.1 Å². The van der Waals surface area contributed by atoms with Crippen LogP contribution in [0.15, 0.2) is 21.9 Å². The molecule has 122 valence electrons. The molecular weight excluding hydrogens is 316 g/mol. The van der Waals surface area contributed by atoms with Crippen molar-refractivity contribution < 1.29 is 18.7 Å². The van der Waals surface area contributed by atoms with Gasteiger partial charge in [-0.25, -0.2) is 9.78 Å². The maximum atomic E-state index is 12.1. The van der Waals surface area contributed by atoms with Crippen molar-refractivity contribution in [2.45, 2.75) is 20.4 Å². The summed E-state index contributed by atoms with van der Waals surface area (Å²) < 4.78 is 10.2. The SMILES string of the molecule is COC(=O)c1cc(CN(C)C(=O)/C=C/c2csc(C)n2)oc1C. The standard InChI is InChI=1S/C16H18N2O4S/c1-10-14(16(20)21-4)7-13(22-10)8-18(3)15(19)6-5-12-9-23-11(2)17-12/h5-7,9H,8H2,1-4H3/b6-5+. The van der Waals surface area contributed by atoms with Gasteiger partial charge in [0.2, 0.25) is 5.91 Å². The molecule has 0 bridgehead atoms. The molecule has 0 aliphatic rings. The number of carbonyl (C=O) groups is 2. The number of aromatic nitrogens is 1. The van der Waals surface area contributed by atoms with Gasteiger partial charge in [-0.3, -0.25) is 4.79 Å². The van der Waals surface area contributed by atoms with E-state index in [-0.39, 0.29) is 12.5 Å². The Kier molecular flexibility index (Phi) is 5.33. The third-order valence-electron chi connectivity index (χ3n) is 3.18. The second kappa shape index (κ2) is 7.23. The van der Waals surface area contributed by atoms with Gasteiger partial charge in [-0.15, -0.1) is 11.3 Å². The van der Waals surface area contributed by atoms with E-state index in [9.17, 15) is 9.59 Å². The third kappa shape index (κ3) is 4.29. The normalized spacial score (nSPS) is 11.0. The van der Waals surface area contributed by atoms with Crippen molar-refractivity contribution in [3.05, 3.63) is 45.3 Å². The third-order valence-corrected chi connectivity index (χ3v) is 3.97. The Bertz CT molecular complexity index is 745. The van der Waals surface area contributed by atoms with Crippen LogP contribution in [0, 0.1) is 13.8 Å². The number of nitrogens with zero attached hydrogens (tertiary/aromatic N) is 2. The highest BCUT2D eigenvalue weighted by molar-refractivity contribution is 7.09. The Balaban J connectivity index is 2.01. The van der Waals surface area contributed by atoms with Crippen LogP contribution in [0.3, 0.4) is 0 Å². The number of thiazole rings is 1. The van der Waals surface area contributed by atoms with E-state index in [2.05, 4.69) is 9.72 Å². The second-order valence-electron chi connectivity index (χ2n) is 4.99. The number of furan rings is 1. The minimum absolute atomic E-state index is 0.177. The van der Waals surface area contributed by atoms with Crippen LogP contribution >= 0.6 is 11.3 Å². The van der Waals surface area contributed by atoms with Crippen LogP contribution < -0.4 is 0 Å². The molecule has 0 unspecified atom stereocenters. The highest BCUT2D eigenvalue weighted by atomic mass is 32.1. The zero-order valence-electron chi connectivity index (χ0n) is 13.5. The van der Waals surface area contributed by atoms with Gasteiger partial charge in [0.25, 0.3) is 0 Å². The summed E-state index contributed by atoms with van der Waals surface area (Å²) in [7, 11) is 2.98. The van der Waals surface area contributed by atoms with Crippen molar-refractivity contribution in [1.82, 2.24) is 9.88 Å². The van der Waals surface area contributed by atoms with Crippen molar-refractivity contribution in [2.24, 2.45) is 0 Å². The fourth-order valence-electron chi connectivity index (χ4n) is 1.99. The van der Waals surface area contributed by atoms with Crippen LogP contribution in [0.5, 0.6) is 0 Å². The zero-order valence-corrected chi connectivity index (χ0v) is 14.3. The fourth-order valence-corrected chi connectivity index (χ4v) is 2.57. The number of esters is 1. The highest BCUT2D eigenvalue weighted by Crippen LogP contribution is 2.17. The van der Waals surface area contributed by atoms with E-state index in [0.717, 1.165) is 10.7 Å². The van der Waals surface area contributed by atoms with Crippen LogP contribution in [0.2, 0.25) is 0 Å². The molecule has 0 aromatic carbocycles. The maximum absolute atomic E-state index is 12.1. The van der Waals surface area contributed by atoms with Crippen LogP contribution in [0.4, 0.5) is 0 Å². The fraction of sp³-hybridized carbons (Fsp3) is 0.312. The highest BCUT2D eigenvalue weighted by Gasteiger charge is 2.17. The Labute approximate surface area is 138 Å². The molecule has 23 heavy (non-hydrogen) atoms. The molecule has 7 heteroatoms. The van der Waals surface area contributed by atoms with E-state index in [1.807, 2.05) is 12.3 Å². The predicted molar refractivity (Wildman–Crippen MR) is 87.1 cm³/mol. The van der Waals surface area contributed by atoms with Crippen molar-refractivity contribution >= 4 is 29.3 Å². The predicted octanol–water partition coefficient (Wildman–Crippen LogP) is 2.81. The first-order chi connectivity index (χ1) is 10.9. The monoisotopic (exact) mass is 334 g/mol. The molecule has 1 amide bonds. The minimum atomic E-state index is -0.453. The number of aryl methyl sites for hydroxylation is 2. The molecule has 2 aromatic heterocycles. The van der Waals surface area contributed by atoms with Crippen molar-refractivity contribution in [3.63, 3.8) is 0 Å². The van der Waals surface area contributed by atoms with Crippen molar-refractivity contribution in [2.75, 3.05) is 14.2 Å². The topological polar surface area (TPSA) is 72.6 Å². The first-order valence-corrected chi connectivity index (χ1v) is 7.81. The van der Waals surface area contributed by atoms with E-state index in [0.29, 0.717) is 17.1 Å². The zero-order chi connectivity index (χ0) is 17.0. The van der Waals surface area contributed by atoms with Crippen LogP contribution in [-0.4, -0.2) is 35.9 Å². The summed E-state index contributed by atoms with van der Waals surface area (Å²) in [6.45, 7) is 3.85. The molecule has 0 radical (unpaired) electrons. The maximum Gasteiger partial charge on any atom is 0.341 e. The summed E-state index contributed by atoms with van der Waals surface area (Å²) in [5, 5.41) is 2.84. The average Bonchev–Trinajstić information content (AvgIpc) is 3.09. The first kappa shape index (κ1) is 17.0. The first-order valence-electron chi connectivity index (χ1n) is 6.93. The number of hydrogen-bond donors (Lipinski definition) is 0. The molecule has 0 N–H and O–H groups in total. The van der Waals surface area contributed by atoms with Gasteiger partial charge in [0.05, 0.1) is 24.4 Å². The number of rotatable bonds is 5. The average molecular weight is 334 g/mol. The molecule has 0 fully saturated rings. The quantitative estimate of drug-likeness (QED) is 0.621. The Morgan fingerprint density at radius 1 is 1.43 bits per heavy atom. The molecule has 0 aliphatic carbocycles. The molecule has 0 spiro atoms. The molecule has 6 nitrogen and oxygen atoms in total. The van der Waals surface area contributed by atoms with Crippen LogP contribution in [0.25, 0.3) is 6.08 Å². The molecule has 0 saturated heterocycles. The van der Waals surface area contributed by atoms with E-state index >= 15 is 0 Å². The number of likely N-dealkylation sites (N-methyl/N-ethyl adjacent to an activating group) is 1. The van der Waals surface area contributed by atoms with Crippen LogP contribution in [-0.2, 0) is 16.1 Å². The summed E-state index contributed by atoms with van der Waals surface area (Å²) in [5.74, 6) is 0.368. The number of amides is 1. The number of ether oxygens (including phenoxy) is 1. The summed E-state index contributed by atoms with van der Waals surface area (Å²) in [6, 6.07) is 1.60. The summed E-state index contributed by atoms with van der Waals surface area (Å²) >= 11 is 1.53. The molecule has 0 saturated carbocycles. The lowest BCUT2D eigenvalue weighted by Gasteiger charge is -2.12.